The van der Waals surface area contributed by atoms with Crippen LogP contribution in [0.5, 0.6) is 0 Å². The van der Waals surface area contributed by atoms with Crippen LogP contribution in [-0.2, 0) is 0 Å². The fourth-order valence-corrected chi connectivity index (χ4v) is 12.2. The number of hydrogen-bond donors (Lipinski definition) is 0. The summed E-state index contributed by atoms with van der Waals surface area (Å²) in [6, 6.07) is 82.1. The maximum absolute atomic E-state index is 2.75. The van der Waals surface area contributed by atoms with Crippen LogP contribution < -0.4 is 15.8 Å². The highest BCUT2D eigenvalue weighted by molar-refractivity contribution is 6.90. The van der Waals surface area contributed by atoms with Crippen LogP contribution >= 0.6 is 0 Å². The lowest BCUT2D eigenvalue weighted by molar-refractivity contribution is 1.25. The van der Waals surface area contributed by atoms with Crippen molar-refractivity contribution >= 4 is 111 Å². The van der Waals surface area contributed by atoms with Gasteiger partial charge < -0.3 is 9.38 Å². The van der Waals surface area contributed by atoms with Crippen LogP contribution in [0.25, 0.3) is 109 Å². The van der Waals surface area contributed by atoms with Gasteiger partial charge in [-0.3, -0.25) is 0 Å². The zero-order chi connectivity index (χ0) is 43.2. The Kier molecular flexibility index (Phi) is 7.27. The summed E-state index contributed by atoms with van der Waals surface area (Å²) in [5.41, 5.74) is 17.6. The molecule has 12 aromatic carbocycles. The molecule has 0 fully saturated rings. The Labute approximate surface area is 382 Å². The van der Waals surface area contributed by atoms with E-state index in [1.165, 1.54) is 137 Å². The van der Waals surface area contributed by atoms with E-state index in [2.05, 4.69) is 235 Å². The average Bonchev–Trinajstić information content (AvgIpc) is 3.73. The van der Waals surface area contributed by atoms with E-state index in [-0.39, 0.29) is 6.85 Å². The van der Waals surface area contributed by atoms with Crippen molar-refractivity contribution in [3.8, 4) is 33.4 Å². The van der Waals surface area contributed by atoms with Crippen molar-refractivity contribution in [2.45, 2.75) is 6.92 Å². The van der Waals surface area contributed by atoms with E-state index >= 15 is 0 Å². The molecule has 2 nitrogen and oxygen atoms in total. The second kappa shape index (κ2) is 13.3. The lowest BCUT2D eigenvalue weighted by Crippen LogP contribution is -2.57. The topological polar surface area (TPSA) is 8.17 Å². The van der Waals surface area contributed by atoms with Crippen molar-refractivity contribution in [1.29, 1.82) is 0 Å². The quantitative estimate of drug-likeness (QED) is 0.127. The Balaban J connectivity index is 1.16. The Hall–Kier alpha value is -8.40. The summed E-state index contributed by atoms with van der Waals surface area (Å²) in [6.45, 7) is 2.26. The number of aryl methyl sites for hydroxylation is 1. The highest BCUT2D eigenvalue weighted by atomic mass is 15.2. The molecular weight excluding hydrogens is 796 g/mol. The van der Waals surface area contributed by atoms with Gasteiger partial charge in [0.15, 0.2) is 0 Å². The molecule has 0 N–H and O–H groups in total. The minimum absolute atomic E-state index is 0.110. The van der Waals surface area contributed by atoms with Gasteiger partial charge in [0.1, 0.15) is 0 Å². The molecule has 1 aromatic heterocycles. The molecule has 0 radical (unpaired) electrons. The van der Waals surface area contributed by atoms with Gasteiger partial charge in [0.05, 0.1) is 0 Å². The number of rotatable bonds is 3. The highest BCUT2D eigenvalue weighted by Gasteiger charge is 2.45. The van der Waals surface area contributed by atoms with E-state index in [0.717, 1.165) is 5.69 Å². The third-order valence-electron chi connectivity index (χ3n) is 15.0. The van der Waals surface area contributed by atoms with Crippen LogP contribution in [-0.4, -0.2) is 11.3 Å². The minimum Gasteiger partial charge on any atom is -0.375 e. The largest absolute Gasteiger partial charge is 0.375 e. The van der Waals surface area contributed by atoms with Gasteiger partial charge in [0.25, 0.3) is 0 Å². The molecule has 2 aliphatic heterocycles. The summed E-state index contributed by atoms with van der Waals surface area (Å²) < 4.78 is 2.75. The van der Waals surface area contributed by atoms with Crippen LogP contribution in [0.4, 0.5) is 17.1 Å². The Bertz CT molecular complexity index is 4180. The normalized spacial score (nSPS) is 12.9. The number of anilines is 3. The van der Waals surface area contributed by atoms with Crippen LogP contribution in [0.2, 0.25) is 0 Å². The van der Waals surface area contributed by atoms with E-state index in [0.29, 0.717) is 0 Å². The average molecular weight is 835 g/mol. The minimum atomic E-state index is -0.110. The number of hydrogen-bond acceptors (Lipinski definition) is 1. The van der Waals surface area contributed by atoms with Crippen LogP contribution in [0.1, 0.15) is 5.56 Å². The molecule has 0 saturated carbocycles. The molecule has 0 aliphatic carbocycles. The van der Waals surface area contributed by atoms with Crippen molar-refractivity contribution in [2.75, 3.05) is 4.90 Å². The molecule has 2 aliphatic rings. The van der Waals surface area contributed by atoms with E-state index in [1.54, 1.807) is 0 Å². The molecule has 0 atom stereocenters. The standard InChI is InChI=1S/C63H39BN2/c1-38-53-34-43-22-9-8-21-42(43)30-48(53)36-55-62(38)65(49-32-46(39-16-4-2-5-17-39)31-47(33-49)40-18-6-3-7-19-40)57-37-45-24-12-14-26-51(45)58-54-35-44-23-11-15-27-52(44)60-59-50-25-13-10-20-41(50)28-29-56(59)66(63(54)60)64(55)61(57)58/h2-37H,1H3. The van der Waals surface area contributed by atoms with E-state index in [9.17, 15) is 0 Å². The third kappa shape index (κ3) is 4.87. The van der Waals surface area contributed by atoms with E-state index in [1.807, 2.05) is 0 Å². The smallest absolute Gasteiger partial charge is 0.333 e. The fourth-order valence-electron chi connectivity index (χ4n) is 12.2. The van der Waals surface area contributed by atoms with Gasteiger partial charge in [-0.05, 0) is 154 Å². The SMILES string of the molecule is Cc1c2c(cc3cc4ccccc4cc13)B1c3c(cc4ccccc4c3-c3cc4ccccc4c4c5c6ccccc6ccc5n1c34)N2c1cc(-c2ccccc2)cc(-c2ccccc2)c1. The van der Waals surface area contributed by atoms with Crippen LogP contribution in [0.3, 0.4) is 0 Å². The highest BCUT2D eigenvalue weighted by Crippen LogP contribution is 2.52. The summed E-state index contributed by atoms with van der Waals surface area (Å²) in [5, 5.41) is 15.4. The van der Waals surface area contributed by atoms with Crippen molar-refractivity contribution in [1.82, 2.24) is 4.48 Å². The summed E-state index contributed by atoms with van der Waals surface area (Å²) >= 11 is 0. The summed E-state index contributed by atoms with van der Waals surface area (Å²) in [5.74, 6) is 0. The lowest BCUT2D eigenvalue weighted by atomic mass is 9.44. The molecule has 0 saturated heterocycles. The van der Waals surface area contributed by atoms with Gasteiger partial charge in [-0.2, -0.15) is 0 Å². The van der Waals surface area contributed by atoms with Crippen molar-refractivity contribution in [3.05, 3.63) is 224 Å². The molecule has 0 unspecified atom stereocenters. The Morgan fingerprint density at radius 2 is 0.970 bits per heavy atom. The molecule has 304 valence electrons. The first-order valence-electron chi connectivity index (χ1n) is 23.1. The molecule has 3 heterocycles. The van der Waals surface area contributed by atoms with Crippen LogP contribution in [0.15, 0.2) is 218 Å². The second-order valence-corrected chi connectivity index (χ2v) is 18.4. The van der Waals surface area contributed by atoms with Gasteiger partial charge in [0, 0.05) is 44.4 Å². The maximum atomic E-state index is 2.75. The molecule has 0 bridgehead atoms. The number of benzene rings is 12. The predicted molar refractivity (Wildman–Crippen MR) is 283 cm³/mol. The van der Waals surface area contributed by atoms with E-state index in [4.69, 9.17) is 0 Å². The monoisotopic (exact) mass is 834 g/mol. The first-order chi connectivity index (χ1) is 32.7. The first-order valence-corrected chi connectivity index (χ1v) is 23.1. The fraction of sp³-hybridized carbons (Fsp3) is 0.0159. The lowest BCUT2D eigenvalue weighted by Gasteiger charge is -2.42. The Morgan fingerprint density at radius 1 is 0.394 bits per heavy atom. The summed E-state index contributed by atoms with van der Waals surface area (Å²) in [4.78, 5) is 2.64. The van der Waals surface area contributed by atoms with Gasteiger partial charge in [0.2, 0.25) is 0 Å². The first kappa shape index (κ1) is 36.0. The van der Waals surface area contributed by atoms with Gasteiger partial charge >= 0.3 is 6.85 Å². The van der Waals surface area contributed by atoms with Crippen LogP contribution in [0, 0.1) is 6.92 Å². The molecule has 15 rings (SSSR count). The van der Waals surface area contributed by atoms with Gasteiger partial charge in [-0.15, -0.1) is 0 Å². The van der Waals surface area contributed by atoms with Crippen molar-refractivity contribution < 1.29 is 0 Å². The van der Waals surface area contributed by atoms with Crippen molar-refractivity contribution in [2.24, 2.45) is 0 Å². The molecule has 0 amide bonds. The molecular formula is C63H39BN2. The molecule has 13 aromatic rings. The third-order valence-corrected chi connectivity index (χ3v) is 15.0. The summed E-state index contributed by atoms with van der Waals surface area (Å²) in [7, 11) is 0. The predicted octanol–water partition coefficient (Wildman–Crippen LogP) is 15.6. The van der Waals surface area contributed by atoms with Gasteiger partial charge in [-0.25, -0.2) is 0 Å². The molecule has 3 heteroatoms. The number of nitrogens with zero attached hydrogens (tertiary/aromatic N) is 2. The molecule has 0 spiro atoms. The zero-order valence-corrected chi connectivity index (χ0v) is 36.3. The summed E-state index contributed by atoms with van der Waals surface area (Å²) in [6.07, 6.45) is 0. The second-order valence-electron chi connectivity index (χ2n) is 18.4. The van der Waals surface area contributed by atoms with Gasteiger partial charge in [-0.1, -0.05) is 170 Å². The van der Waals surface area contributed by atoms with E-state index < -0.39 is 0 Å². The maximum Gasteiger partial charge on any atom is 0.333 e. The van der Waals surface area contributed by atoms with Crippen molar-refractivity contribution in [3.63, 3.8) is 0 Å². The number of aromatic nitrogens is 1. The Morgan fingerprint density at radius 3 is 1.67 bits per heavy atom. The number of fused-ring (bicyclic) bond motifs is 15. The zero-order valence-electron chi connectivity index (χ0n) is 36.3. The molecule has 66 heavy (non-hydrogen) atoms.